The zero-order valence-corrected chi connectivity index (χ0v) is 17.7. The van der Waals surface area contributed by atoms with E-state index in [1.807, 2.05) is 53.5 Å². The molecule has 0 radical (unpaired) electrons. The summed E-state index contributed by atoms with van der Waals surface area (Å²) in [6.45, 7) is 0.0357. The summed E-state index contributed by atoms with van der Waals surface area (Å²) in [6.07, 6.45) is -2.44. The molecule has 1 aliphatic heterocycles. The van der Waals surface area contributed by atoms with Gasteiger partial charge in [-0.25, -0.2) is 0 Å². The van der Waals surface area contributed by atoms with E-state index in [1.165, 1.54) is 0 Å². The van der Waals surface area contributed by atoms with Gasteiger partial charge in [-0.2, -0.15) is 18.3 Å². The van der Waals surface area contributed by atoms with Crippen LogP contribution >= 0.6 is 11.6 Å². The van der Waals surface area contributed by atoms with Crippen molar-refractivity contribution in [2.24, 2.45) is 16.4 Å². The second kappa shape index (κ2) is 8.19. The molecule has 1 fully saturated rings. The summed E-state index contributed by atoms with van der Waals surface area (Å²) in [5.74, 6) is -1.55. The van der Waals surface area contributed by atoms with E-state index >= 15 is 0 Å². The van der Waals surface area contributed by atoms with E-state index in [-0.39, 0.29) is 11.5 Å². The Morgan fingerprint density at radius 3 is 2.55 bits per heavy atom. The summed E-state index contributed by atoms with van der Waals surface area (Å²) in [5, 5.41) is 7.43. The molecule has 1 saturated carbocycles. The van der Waals surface area contributed by atoms with Crippen molar-refractivity contribution >= 4 is 29.0 Å². The number of hydrazone groups is 1. The normalized spacial score (nSPS) is 20.5. The fourth-order valence-electron chi connectivity index (χ4n) is 4.22. The molecule has 4 nitrogen and oxygen atoms in total. The molecule has 0 bridgehead atoms. The molecule has 2 unspecified atom stereocenters. The second-order valence-electron chi connectivity index (χ2n) is 8.17. The molecule has 1 heterocycles. The topological polar surface area (TPSA) is 41.9 Å². The maximum atomic E-state index is 12.5. The second-order valence-corrected chi connectivity index (χ2v) is 8.61. The van der Waals surface area contributed by atoms with Crippen LogP contribution in [0.2, 0.25) is 5.02 Å². The number of halogens is 4. The Balaban J connectivity index is 1.62. The number of rotatable bonds is 6. The Kier molecular flexibility index (Phi) is 5.73. The molecule has 2 aromatic carbocycles. The van der Waals surface area contributed by atoms with Gasteiger partial charge in [0.1, 0.15) is 0 Å². The number of anilines is 1. The van der Waals surface area contributed by atoms with Crippen LogP contribution in [0.15, 0.2) is 59.7 Å². The molecule has 2 aromatic rings. The maximum absolute atomic E-state index is 12.5. The number of para-hydroxylation sites is 1. The maximum Gasteiger partial charge on any atom is 0.422 e. The number of hydrogen-bond acceptors (Lipinski definition) is 4. The third-order valence-corrected chi connectivity index (χ3v) is 6.11. The van der Waals surface area contributed by atoms with Crippen LogP contribution in [0.25, 0.3) is 0 Å². The first kappa shape index (κ1) is 21.7. The average molecular weight is 451 g/mol. The summed E-state index contributed by atoms with van der Waals surface area (Å²) in [6, 6.07) is 16.9. The van der Waals surface area contributed by atoms with Crippen LogP contribution in [-0.4, -0.2) is 30.5 Å². The van der Waals surface area contributed by atoms with Crippen molar-refractivity contribution in [2.45, 2.75) is 38.4 Å². The summed E-state index contributed by atoms with van der Waals surface area (Å²) in [7, 11) is 0. The Bertz CT molecular complexity index is 990. The summed E-state index contributed by atoms with van der Waals surface area (Å²) < 4.78 is 41.9. The molecule has 8 heteroatoms. The van der Waals surface area contributed by atoms with Crippen LogP contribution < -0.4 is 5.01 Å². The lowest BCUT2D eigenvalue weighted by Gasteiger charge is -2.30. The smallest absolute Gasteiger partial charge is 0.422 e. The number of nitrogens with zero attached hydrogens (tertiary/aromatic N) is 2. The first-order valence-electron chi connectivity index (χ1n) is 10.1. The lowest BCUT2D eigenvalue weighted by Crippen LogP contribution is -2.38. The lowest BCUT2D eigenvalue weighted by atomic mass is 9.83. The monoisotopic (exact) mass is 450 g/mol. The van der Waals surface area contributed by atoms with E-state index < -0.39 is 24.7 Å². The minimum atomic E-state index is -4.54. The zero-order chi connectivity index (χ0) is 22.2. The highest BCUT2D eigenvalue weighted by Crippen LogP contribution is 2.58. The molecular weight excluding hydrogens is 429 g/mol. The van der Waals surface area contributed by atoms with E-state index in [2.05, 4.69) is 4.74 Å². The predicted molar refractivity (Wildman–Crippen MR) is 113 cm³/mol. The van der Waals surface area contributed by atoms with Gasteiger partial charge >= 0.3 is 12.1 Å². The summed E-state index contributed by atoms with van der Waals surface area (Å²) in [4.78, 5) is 12.3. The molecule has 31 heavy (non-hydrogen) atoms. The summed E-state index contributed by atoms with van der Waals surface area (Å²) >= 11 is 6.20. The summed E-state index contributed by atoms with van der Waals surface area (Å²) in [5.41, 5.74) is 2.42. The first-order valence-corrected chi connectivity index (χ1v) is 10.5. The van der Waals surface area contributed by atoms with Crippen LogP contribution in [0.5, 0.6) is 0 Å². The van der Waals surface area contributed by atoms with Crippen LogP contribution in [0.1, 0.15) is 31.7 Å². The zero-order valence-electron chi connectivity index (χ0n) is 16.9. The molecule has 1 aliphatic carbocycles. The molecule has 0 saturated heterocycles. The van der Waals surface area contributed by atoms with Crippen LogP contribution in [0.3, 0.4) is 0 Å². The van der Waals surface area contributed by atoms with Crippen molar-refractivity contribution in [1.82, 2.24) is 0 Å². The third-order valence-electron chi connectivity index (χ3n) is 5.88. The third kappa shape index (κ3) is 4.56. The van der Waals surface area contributed by atoms with Crippen molar-refractivity contribution in [3.05, 3.63) is 65.2 Å². The Morgan fingerprint density at radius 2 is 1.94 bits per heavy atom. The number of benzene rings is 2. The van der Waals surface area contributed by atoms with Gasteiger partial charge in [0.05, 0.1) is 23.4 Å². The van der Waals surface area contributed by atoms with E-state index in [1.54, 1.807) is 13.0 Å². The fourth-order valence-corrected chi connectivity index (χ4v) is 4.42. The Morgan fingerprint density at radius 1 is 1.23 bits per heavy atom. The molecular formula is C23H22ClF3N2O2. The van der Waals surface area contributed by atoms with Gasteiger partial charge in [0.25, 0.3) is 0 Å². The van der Waals surface area contributed by atoms with Crippen molar-refractivity contribution in [2.75, 3.05) is 11.6 Å². The van der Waals surface area contributed by atoms with E-state index in [4.69, 9.17) is 16.7 Å². The van der Waals surface area contributed by atoms with Gasteiger partial charge in [-0.1, -0.05) is 48.9 Å². The van der Waals surface area contributed by atoms with Crippen molar-refractivity contribution in [3.63, 3.8) is 0 Å². The highest BCUT2D eigenvalue weighted by molar-refractivity contribution is 6.31. The SMILES string of the molecule is CC(CC1N(c2ccccc2)N=C(c2cccc(Cl)c2)C12CC2)C(=O)OCC(F)(F)F. The molecule has 2 atom stereocenters. The Hall–Kier alpha value is -2.54. The van der Waals surface area contributed by atoms with Gasteiger partial charge in [0.15, 0.2) is 6.61 Å². The molecule has 0 amide bonds. The minimum absolute atomic E-state index is 0.169. The van der Waals surface area contributed by atoms with E-state index in [0.717, 1.165) is 29.8 Å². The number of hydrogen-bond donors (Lipinski definition) is 0. The van der Waals surface area contributed by atoms with Gasteiger partial charge in [-0.3, -0.25) is 9.80 Å². The lowest BCUT2D eigenvalue weighted by molar-refractivity contribution is -0.189. The van der Waals surface area contributed by atoms with Crippen LogP contribution in [0.4, 0.5) is 18.9 Å². The average Bonchev–Trinajstić information content (AvgIpc) is 3.46. The van der Waals surface area contributed by atoms with E-state index in [0.29, 0.717) is 11.4 Å². The first-order chi connectivity index (χ1) is 14.7. The van der Waals surface area contributed by atoms with Gasteiger partial charge in [-0.15, -0.1) is 0 Å². The highest BCUT2D eigenvalue weighted by atomic mass is 35.5. The van der Waals surface area contributed by atoms with Gasteiger partial charge < -0.3 is 4.74 Å². The van der Waals surface area contributed by atoms with Crippen LogP contribution in [0, 0.1) is 11.3 Å². The van der Waals surface area contributed by atoms with Crippen molar-refractivity contribution in [1.29, 1.82) is 0 Å². The van der Waals surface area contributed by atoms with Crippen LogP contribution in [-0.2, 0) is 9.53 Å². The van der Waals surface area contributed by atoms with Crippen molar-refractivity contribution < 1.29 is 22.7 Å². The van der Waals surface area contributed by atoms with E-state index in [9.17, 15) is 18.0 Å². The van der Waals surface area contributed by atoms with Gasteiger partial charge in [0.2, 0.25) is 0 Å². The number of alkyl halides is 3. The molecule has 0 N–H and O–H groups in total. The Labute approximate surface area is 183 Å². The number of ether oxygens (including phenoxy) is 1. The number of carbonyl (C=O) groups is 1. The molecule has 1 spiro atoms. The largest absolute Gasteiger partial charge is 0.456 e. The molecule has 4 rings (SSSR count). The quantitative estimate of drug-likeness (QED) is 0.519. The molecule has 164 valence electrons. The highest BCUT2D eigenvalue weighted by Gasteiger charge is 2.60. The number of carbonyl (C=O) groups excluding carboxylic acids is 1. The standard InChI is InChI=1S/C23H22ClF3N2O2/c1-15(21(30)31-14-23(25,26)27)12-19-22(10-11-22)20(16-6-5-7-17(24)13-16)28-29(19)18-8-3-2-4-9-18/h2-9,13,15,19H,10-12,14H2,1H3. The minimum Gasteiger partial charge on any atom is -0.456 e. The van der Waals surface area contributed by atoms with Gasteiger partial charge in [0, 0.05) is 10.4 Å². The van der Waals surface area contributed by atoms with Crippen molar-refractivity contribution in [3.8, 4) is 0 Å². The molecule has 2 aliphatic rings. The fraction of sp³-hybridized carbons (Fsp3) is 0.391. The molecule has 0 aromatic heterocycles. The number of esters is 1. The predicted octanol–water partition coefficient (Wildman–Crippen LogP) is 5.84. The van der Waals surface area contributed by atoms with Gasteiger partial charge in [-0.05, 0) is 49.1 Å².